The Morgan fingerprint density at radius 1 is 1.11 bits per heavy atom. The summed E-state index contributed by atoms with van der Waals surface area (Å²) in [6.45, 7) is 2.67. The van der Waals surface area contributed by atoms with Gasteiger partial charge in [0, 0.05) is 37.8 Å². The summed E-state index contributed by atoms with van der Waals surface area (Å²) in [5.41, 5.74) is 7.76. The number of hydrogen-bond donors (Lipinski definition) is 1. The van der Waals surface area contributed by atoms with E-state index in [2.05, 4.69) is 21.3 Å². The standard InChI is InChI=1S/C20H24N5O3/c1-26-8-9-28-17-11-15-13(10-16(17)27-2)18-14(12-22-15)19(21)24-20(23-18)25-6-4-3-5-7-25/h4,10-12H,3,5-9H2,1-2H3,(H2,21,23,24). The number of piperidine rings is 1. The molecule has 8 heteroatoms. The molecule has 8 nitrogen and oxygen atoms in total. The number of ether oxygens (including phenoxy) is 3. The summed E-state index contributed by atoms with van der Waals surface area (Å²) >= 11 is 0. The van der Waals surface area contributed by atoms with Crippen molar-refractivity contribution >= 4 is 33.6 Å². The van der Waals surface area contributed by atoms with Crippen molar-refractivity contribution in [2.24, 2.45) is 0 Å². The number of benzene rings is 1. The Morgan fingerprint density at radius 3 is 2.75 bits per heavy atom. The molecule has 1 aromatic carbocycles. The second-order valence-electron chi connectivity index (χ2n) is 6.67. The first-order valence-electron chi connectivity index (χ1n) is 9.33. The fourth-order valence-corrected chi connectivity index (χ4v) is 3.38. The Hall–Kier alpha value is -2.87. The van der Waals surface area contributed by atoms with Gasteiger partial charge in [-0.25, -0.2) is 4.98 Å². The van der Waals surface area contributed by atoms with E-state index in [1.807, 2.05) is 12.1 Å². The van der Waals surface area contributed by atoms with Gasteiger partial charge in [-0.2, -0.15) is 4.98 Å². The predicted octanol–water partition coefficient (Wildman–Crippen LogP) is 2.60. The van der Waals surface area contributed by atoms with Gasteiger partial charge in [-0.15, -0.1) is 0 Å². The Bertz CT molecular complexity index is 989. The van der Waals surface area contributed by atoms with Gasteiger partial charge in [-0.1, -0.05) is 0 Å². The molecule has 0 unspecified atom stereocenters. The number of nitrogens with two attached hydrogens (primary N) is 1. The molecule has 3 heterocycles. The highest BCUT2D eigenvalue weighted by Crippen LogP contribution is 2.35. The van der Waals surface area contributed by atoms with Crippen molar-refractivity contribution in [1.82, 2.24) is 15.0 Å². The van der Waals surface area contributed by atoms with Crippen LogP contribution in [0.1, 0.15) is 12.8 Å². The highest BCUT2D eigenvalue weighted by atomic mass is 16.5. The van der Waals surface area contributed by atoms with Crippen molar-refractivity contribution in [1.29, 1.82) is 0 Å². The first kappa shape index (κ1) is 18.5. The van der Waals surface area contributed by atoms with Gasteiger partial charge in [0.2, 0.25) is 5.95 Å². The molecule has 0 spiro atoms. The molecule has 1 saturated heterocycles. The number of rotatable bonds is 6. The lowest BCUT2D eigenvalue weighted by Gasteiger charge is -2.26. The van der Waals surface area contributed by atoms with Crippen LogP contribution < -0.4 is 20.1 Å². The van der Waals surface area contributed by atoms with Crippen LogP contribution in [0.15, 0.2) is 18.3 Å². The number of aromatic nitrogens is 3. The number of methoxy groups -OCH3 is 2. The van der Waals surface area contributed by atoms with Crippen LogP contribution in [0.4, 0.5) is 11.8 Å². The normalized spacial score (nSPS) is 14.6. The zero-order valence-corrected chi connectivity index (χ0v) is 16.1. The van der Waals surface area contributed by atoms with E-state index in [1.165, 1.54) is 0 Å². The summed E-state index contributed by atoms with van der Waals surface area (Å²) < 4.78 is 16.3. The van der Waals surface area contributed by atoms with E-state index in [0.29, 0.717) is 36.5 Å². The summed E-state index contributed by atoms with van der Waals surface area (Å²) in [5, 5.41) is 1.58. The fraction of sp³-hybridized carbons (Fsp3) is 0.400. The minimum absolute atomic E-state index is 0.427. The molecule has 1 fully saturated rings. The minimum Gasteiger partial charge on any atom is -0.493 e. The van der Waals surface area contributed by atoms with E-state index in [9.17, 15) is 0 Å². The summed E-state index contributed by atoms with van der Waals surface area (Å²) in [7, 11) is 3.25. The van der Waals surface area contributed by atoms with E-state index >= 15 is 0 Å². The van der Waals surface area contributed by atoms with Gasteiger partial charge >= 0.3 is 0 Å². The van der Waals surface area contributed by atoms with E-state index < -0.39 is 0 Å². The average molecular weight is 382 g/mol. The van der Waals surface area contributed by atoms with E-state index in [0.717, 1.165) is 47.7 Å². The maximum absolute atomic E-state index is 6.24. The van der Waals surface area contributed by atoms with Crippen molar-refractivity contribution in [2.45, 2.75) is 12.8 Å². The molecule has 0 saturated carbocycles. The number of hydrogen-bond acceptors (Lipinski definition) is 8. The van der Waals surface area contributed by atoms with E-state index in [4.69, 9.17) is 24.9 Å². The molecule has 1 aliphatic rings. The van der Waals surface area contributed by atoms with Gasteiger partial charge in [0.05, 0.1) is 30.1 Å². The first-order valence-corrected chi connectivity index (χ1v) is 9.33. The molecule has 1 aliphatic heterocycles. The van der Waals surface area contributed by atoms with Gasteiger partial charge < -0.3 is 24.8 Å². The number of nitrogens with zero attached hydrogens (tertiary/aromatic N) is 4. The monoisotopic (exact) mass is 382 g/mol. The second kappa shape index (κ2) is 8.02. The molecule has 4 rings (SSSR count). The largest absolute Gasteiger partial charge is 0.493 e. The molecule has 0 atom stereocenters. The Balaban J connectivity index is 1.83. The van der Waals surface area contributed by atoms with Crippen LogP contribution in [0.25, 0.3) is 21.8 Å². The number of fused-ring (bicyclic) bond motifs is 3. The second-order valence-corrected chi connectivity index (χ2v) is 6.67. The van der Waals surface area contributed by atoms with Crippen molar-refractivity contribution in [3.8, 4) is 11.5 Å². The van der Waals surface area contributed by atoms with Gasteiger partial charge in [-0.05, 0) is 25.3 Å². The lowest BCUT2D eigenvalue weighted by molar-refractivity contribution is 0.144. The third-order valence-corrected chi connectivity index (χ3v) is 4.85. The Kier molecular flexibility index (Phi) is 5.29. The quantitative estimate of drug-likeness (QED) is 0.513. The molecule has 28 heavy (non-hydrogen) atoms. The van der Waals surface area contributed by atoms with Crippen LogP contribution in [-0.2, 0) is 4.74 Å². The average Bonchev–Trinajstić information content (AvgIpc) is 2.73. The van der Waals surface area contributed by atoms with Crippen molar-refractivity contribution in [2.75, 3.05) is 51.2 Å². The molecule has 0 bridgehead atoms. The lowest BCUT2D eigenvalue weighted by atomic mass is 10.1. The van der Waals surface area contributed by atoms with Crippen LogP contribution in [0.5, 0.6) is 11.5 Å². The fourth-order valence-electron chi connectivity index (χ4n) is 3.38. The number of anilines is 2. The molecule has 2 N–H and O–H groups in total. The first-order chi connectivity index (χ1) is 13.7. The minimum atomic E-state index is 0.427. The lowest BCUT2D eigenvalue weighted by Crippen LogP contribution is -2.31. The smallest absolute Gasteiger partial charge is 0.227 e. The molecular formula is C20H24N5O3. The zero-order chi connectivity index (χ0) is 19.5. The molecule has 0 aliphatic carbocycles. The van der Waals surface area contributed by atoms with Crippen LogP contribution in [0, 0.1) is 6.42 Å². The molecule has 0 amide bonds. The van der Waals surface area contributed by atoms with Crippen LogP contribution >= 0.6 is 0 Å². The number of pyridine rings is 1. The summed E-state index contributed by atoms with van der Waals surface area (Å²) in [5.74, 6) is 2.31. The van der Waals surface area contributed by atoms with Gasteiger partial charge in [0.25, 0.3) is 0 Å². The summed E-state index contributed by atoms with van der Waals surface area (Å²) in [4.78, 5) is 16.0. The zero-order valence-electron chi connectivity index (χ0n) is 16.1. The van der Waals surface area contributed by atoms with Gasteiger partial charge in [0.1, 0.15) is 12.4 Å². The molecule has 3 aromatic rings. The van der Waals surface area contributed by atoms with Gasteiger partial charge in [0.15, 0.2) is 11.5 Å². The highest BCUT2D eigenvalue weighted by Gasteiger charge is 2.18. The van der Waals surface area contributed by atoms with Gasteiger partial charge in [-0.3, -0.25) is 4.98 Å². The van der Waals surface area contributed by atoms with Crippen LogP contribution in [0.3, 0.4) is 0 Å². The predicted molar refractivity (Wildman–Crippen MR) is 109 cm³/mol. The van der Waals surface area contributed by atoms with E-state index in [-0.39, 0.29) is 0 Å². The van der Waals surface area contributed by atoms with Crippen molar-refractivity contribution in [3.05, 3.63) is 24.8 Å². The maximum atomic E-state index is 6.24. The number of nitrogen functional groups attached to an aromatic ring is 1. The Morgan fingerprint density at radius 2 is 2.00 bits per heavy atom. The molecule has 1 radical (unpaired) electrons. The van der Waals surface area contributed by atoms with Crippen molar-refractivity contribution < 1.29 is 14.2 Å². The third-order valence-electron chi connectivity index (χ3n) is 4.85. The Labute approximate surface area is 163 Å². The SMILES string of the molecule is COCCOc1cc2ncc3c(N)nc(N4C[CH]CCC4)nc3c2cc1OC. The van der Waals surface area contributed by atoms with Crippen LogP contribution in [0.2, 0.25) is 0 Å². The maximum Gasteiger partial charge on any atom is 0.227 e. The molecule has 147 valence electrons. The molecule has 2 aromatic heterocycles. The molecular weight excluding hydrogens is 358 g/mol. The van der Waals surface area contributed by atoms with Crippen molar-refractivity contribution in [3.63, 3.8) is 0 Å². The third kappa shape index (κ3) is 3.47. The van der Waals surface area contributed by atoms with Crippen LogP contribution in [-0.4, -0.2) is 55.5 Å². The summed E-state index contributed by atoms with van der Waals surface area (Å²) in [6.07, 6.45) is 6.17. The van der Waals surface area contributed by atoms with E-state index in [1.54, 1.807) is 20.4 Å². The summed E-state index contributed by atoms with van der Waals surface area (Å²) in [6, 6.07) is 3.75. The highest BCUT2D eigenvalue weighted by molar-refractivity contribution is 6.07. The topological polar surface area (TPSA) is 95.6 Å².